The Bertz CT molecular complexity index is 929. The number of hydrogen-bond acceptors (Lipinski definition) is 5. The second-order valence-electron chi connectivity index (χ2n) is 7.77. The van der Waals surface area contributed by atoms with Crippen molar-refractivity contribution in [3.05, 3.63) is 53.5 Å². The van der Waals surface area contributed by atoms with Gasteiger partial charge in [0.05, 0.1) is 18.8 Å². The fraction of sp³-hybridized carbons (Fsp3) is 0.478. The zero-order chi connectivity index (χ0) is 20.2. The maximum Gasteiger partial charge on any atom is 0.154 e. The summed E-state index contributed by atoms with van der Waals surface area (Å²) in [6, 6.07) is 10.3. The molecule has 0 saturated carbocycles. The molecular weight excluding hydrogens is 364 g/mol. The van der Waals surface area contributed by atoms with E-state index in [-0.39, 0.29) is 6.04 Å². The molecular formula is C23H30N4O2. The number of methoxy groups -OCH3 is 1. The van der Waals surface area contributed by atoms with Crippen LogP contribution in [0.25, 0.3) is 11.3 Å². The van der Waals surface area contributed by atoms with Crippen molar-refractivity contribution in [1.29, 1.82) is 0 Å². The summed E-state index contributed by atoms with van der Waals surface area (Å²) in [4.78, 5) is 2.54. The minimum absolute atomic E-state index is 0.251. The van der Waals surface area contributed by atoms with E-state index in [0.29, 0.717) is 0 Å². The van der Waals surface area contributed by atoms with E-state index >= 15 is 0 Å². The third-order valence-electron chi connectivity index (χ3n) is 5.85. The lowest BCUT2D eigenvalue weighted by Gasteiger charge is -2.27. The van der Waals surface area contributed by atoms with E-state index in [9.17, 15) is 0 Å². The van der Waals surface area contributed by atoms with Crippen LogP contribution in [-0.4, -0.2) is 33.5 Å². The Morgan fingerprint density at radius 1 is 1.17 bits per heavy atom. The summed E-state index contributed by atoms with van der Waals surface area (Å²) in [5.41, 5.74) is 4.34. The van der Waals surface area contributed by atoms with Crippen molar-refractivity contribution in [2.24, 2.45) is 0 Å². The molecule has 6 heteroatoms. The van der Waals surface area contributed by atoms with Gasteiger partial charge in [-0.15, -0.1) is 0 Å². The lowest BCUT2D eigenvalue weighted by atomic mass is 10.0. The van der Waals surface area contributed by atoms with Gasteiger partial charge in [-0.2, -0.15) is 5.10 Å². The maximum atomic E-state index is 5.85. The highest BCUT2D eigenvalue weighted by Gasteiger charge is 2.27. The highest BCUT2D eigenvalue weighted by Crippen LogP contribution is 2.34. The van der Waals surface area contributed by atoms with Gasteiger partial charge in [0.1, 0.15) is 11.4 Å². The van der Waals surface area contributed by atoms with Crippen molar-refractivity contribution in [2.45, 2.75) is 58.7 Å². The highest BCUT2D eigenvalue weighted by atomic mass is 16.5. The van der Waals surface area contributed by atoms with Gasteiger partial charge in [0.15, 0.2) is 5.76 Å². The maximum absolute atomic E-state index is 5.85. The van der Waals surface area contributed by atoms with E-state index < -0.39 is 0 Å². The van der Waals surface area contributed by atoms with Crippen LogP contribution in [0, 0.1) is 6.92 Å². The summed E-state index contributed by atoms with van der Waals surface area (Å²) in [6.07, 6.45) is 6.97. The highest BCUT2D eigenvalue weighted by molar-refractivity contribution is 5.60. The molecule has 1 aromatic carbocycles. The number of rotatable bonds is 6. The average Bonchev–Trinajstić information content (AvgIpc) is 3.30. The number of benzene rings is 1. The van der Waals surface area contributed by atoms with Crippen LogP contribution in [0.3, 0.4) is 0 Å². The van der Waals surface area contributed by atoms with Crippen LogP contribution in [0.4, 0.5) is 0 Å². The minimum Gasteiger partial charge on any atom is -0.497 e. The zero-order valence-electron chi connectivity index (χ0n) is 17.6. The summed E-state index contributed by atoms with van der Waals surface area (Å²) < 4.78 is 13.1. The molecule has 0 spiro atoms. The predicted octanol–water partition coefficient (Wildman–Crippen LogP) is 4.99. The van der Waals surface area contributed by atoms with Crippen LogP contribution >= 0.6 is 0 Å². The van der Waals surface area contributed by atoms with Gasteiger partial charge in [-0.05, 0) is 57.5 Å². The number of likely N-dealkylation sites (tertiary alicyclic amines) is 1. The molecule has 3 heterocycles. The van der Waals surface area contributed by atoms with Gasteiger partial charge in [0.25, 0.3) is 0 Å². The zero-order valence-corrected chi connectivity index (χ0v) is 17.6. The van der Waals surface area contributed by atoms with E-state index in [0.717, 1.165) is 54.5 Å². The van der Waals surface area contributed by atoms with Gasteiger partial charge < -0.3 is 9.26 Å². The third-order valence-corrected chi connectivity index (χ3v) is 5.85. The summed E-state index contributed by atoms with van der Waals surface area (Å²) in [7, 11) is 1.68. The van der Waals surface area contributed by atoms with Gasteiger partial charge in [-0.3, -0.25) is 9.58 Å². The number of ether oxygens (including phenoxy) is 1. The smallest absolute Gasteiger partial charge is 0.154 e. The van der Waals surface area contributed by atoms with Gasteiger partial charge in [0.2, 0.25) is 0 Å². The molecule has 0 aliphatic carbocycles. The number of aryl methyl sites for hydroxylation is 2. The first-order valence-corrected chi connectivity index (χ1v) is 10.6. The molecule has 6 nitrogen and oxygen atoms in total. The van der Waals surface area contributed by atoms with Crippen LogP contribution in [0.5, 0.6) is 5.75 Å². The number of aromatic nitrogens is 3. The summed E-state index contributed by atoms with van der Waals surface area (Å²) in [6.45, 7) is 7.09. The van der Waals surface area contributed by atoms with E-state index in [1.54, 1.807) is 7.11 Å². The quantitative estimate of drug-likeness (QED) is 0.589. The van der Waals surface area contributed by atoms with Gasteiger partial charge in [-0.25, -0.2) is 0 Å². The lowest BCUT2D eigenvalue weighted by molar-refractivity contribution is 0.160. The Morgan fingerprint density at radius 3 is 2.72 bits per heavy atom. The number of nitrogens with zero attached hydrogens (tertiary/aromatic N) is 4. The summed E-state index contributed by atoms with van der Waals surface area (Å²) in [5, 5.41) is 8.98. The van der Waals surface area contributed by atoms with E-state index in [1.807, 2.05) is 28.9 Å². The molecule has 154 valence electrons. The van der Waals surface area contributed by atoms with Crippen LogP contribution in [0.2, 0.25) is 0 Å². The second-order valence-corrected chi connectivity index (χ2v) is 7.77. The first-order valence-electron chi connectivity index (χ1n) is 10.6. The first kappa shape index (κ1) is 19.7. The van der Waals surface area contributed by atoms with Crippen molar-refractivity contribution in [3.63, 3.8) is 0 Å². The molecule has 1 saturated heterocycles. The fourth-order valence-electron chi connectivity index (χ4n) is 4.12. The topological polar surface area (TPSA) is 56.3 Å². The molecule has 0 radical (unpaired) electrons. The molecule has 3 aromatic rings. The van der Waals surface area contributed by atoms with E-state index in [2.05, 4.69) is 41.3 Å². The minimum atomic E-state index is 0.251. The SMILES string of the molecule is CCn1cc(CN2CCCCCC2c2cc(-c3ccc(OC)cc3)no2)c(C)n1. The van der Waals surface area contributed by atoms with Gasteiger partial charge in [-0.1, -0.05) is 18.0 Å². The molecule has 4 rings (SSSR count). The lowest BCUT2D eigenvalue weighted by Crippen LogP contribution is -2.28. The largest absolute Gasteiger partial charge is 0.497 e. The standard InChI is InChI=1S/C23H30N4O2/c1-4-27-16-19(17(2)24-27)15-26-13-7-5-6-8-22(26)23-14-21(25-29-23)18-9-11-20(28-3)12-10-18/h9-12,14,16,22H,4-8,13,15H2,1-3H3. The van der Waals surface area contributed by atoms with Crippen molar-refractivity contribution < 1.29 is 9.26 Å². The molecule has 2 aromatic heterocycles. The van der Waals surface area contributed by atoms with Crippen molar-refractivity contribution in [2.75, 3.05) is 13.7 Å². The van der Waals surface area contributed by atoms with Crippen LogP contribution in [-0.2, 0) is 13.1 Å². The third kappa shape index (κ3) is 4.37. The first-order chi connectivity index (χ1) is 14.2. The molecule has 1 aliphatic rings. The predicted molar refractivity (Wildman–Crippen MR) is 113 cm³/mol. The molecule has 1 atom stereocenters. The molecule has 0 amide bonds. The Morgan fingerprint density at radius 2 is 2.00 bits per heavy atom. The average molecular weight is 395 g/mol. The van der Waals surface area contributed by atoms with Crippen LogP contribution in [0.1, 0.15) is 55.7 Å². The molecule has 29 heavy (non-hydrogen) atoms. The molecule has 0 N–H and O–H groups in total. The Labute approximate surface area is 172 Å². The Balaban J connectivity index is 1.57. The van der Waals surface area contributed by atoms with Crippen LogP contribution in [0.15, 0.2) is 41.1 Å². The van der Waals surface area contributed by atoms with Gasteiger partial charge in [0, 0.05) is 36.5 Å². The normalized spacial score (nSPS) is 18.0. The molecule has 1 aliphatic heterocycles. The van der Waals surface area contributed by atoms with Crippen molar-refractivity contribution >= 4 is 0 Å². The monoisotopic (exact) mass is 394 g/mol. The summed E-state index contributed by atoms with van der Waals surface area (Å²) >= 11 is 0. The van der Waals surface area contributed by atoms with Crippen LogP contribution < -0.4 is 4.74 Å². The van der Waals surface area contributed by atoms with Gasteiger partial charge >= 0.3 is 0 Å². The number of hydrogen-bond donors (Lipinski definition) is 0. The Hall–Kier alpha value is -2.60. The Kier molecular flexibility index (Phi) is 6.00. The molecule has 0 bridgehead atoms. The van der Waals surface area contributed by atoms with E-state index in [1.165, 1.54) is 24.8 Å². The summed E-state index contributed by atoms with van der Waals surface area (Å²) in [5.74, 6) is 1.80. The second kappa shape index (κ2) is 8.82. The van der Waals surface area contributed by atoms with Crippen molar-refractivity contribution in [3.8, 4) is 17.0 Å². The van der Waals surface area contributed by atoms with Crippen molar-refractivity contribution in [1.82, 2.24) is 19.8 Å². The molecule has 1 unspecified atom stereocenters. The molecule has 1 fully saturated rings. The van der Waals surface area contributed by atoms with E-state index in [4.69, 9.17) is 9.26 Å². The fourth-order valence-corrected chi connectivity index (χ4v) is 4.12.